The zero-order valence-electron chi connectivity index (χ0n) is 13.7. The van der Waals surface area contributed by atoms with Gasteiger partial charge in [-0.2, -0.15) is 0 Å². The number of hydrogen-bond donors (Lipinski definition) is 0. The van der Waals surface area contributed by atoms with E-state index < -0.39 is 0 Å². The van der Waals surface area contributed by atoms with Gasteiger partial charge in [0, 0.05) is 30.6 Å². The molecule has 0 radical (unpaired) electrons. The molecule has 2 heterocycles. The molecule has 1 saturated heterocycles. The molecule has 4 heteroatoms. The summed E-state index contributed by atoms with van der Waals surface area (Å²) in [4.78, 5) is 16.9. The fourth-order valence-corrected chi connectivity index (χ4v) is 3.10. The predicted octanol–water partition coefficient (Wildman–Crippen LogP) is 2.76. The summed E-state index contributed by atoms with van der Waals surface area (Å²) in [5.74, 6) is 0.205. The summed E-state index contributed by atoms with van der Waals surface area (Å²) < 4.78 is 5.71. The van der Waals surface area contributed by atoms with E-state index in [9.17, 15) is 4.79 Å². The Bertz CT molecular complexity index is 690. The number of carbonyl (C=O) groups is 1. The van der Waals surface area contributed by atoms with Crippen molar-refractivity contribution < 1.29 is 9.21 Å². The fraction of sp³-hybridized carbons (Fsp3) is 0.500. The van der Waals surface area contributed by atoms with Crippen LogP contribution in [-0.4, -0.2) is 48.9 Å². The maximum absolute atomic E-state index is 12.6. The van der Waals surface area contributed by atoms with E-state index in [0.717, 1.165) is 54.7 Å². The second-order valence-electron chi connectivity index (χ2n) is 6.36. The van der Waals surface area contributed by atoms with Gasteiger partial charge >= 0.3 is 0 Å². The van der Waals surface area contributed by atoms with E-state index in [1.54, 1.807) is 6.26 Å². The highest BCUT2D eigenvalue weighted by Gasteiger charge is 2.19. The van der Waals surface area contributed by atoms with Crippen LogP contribution in [0.4, 0.5) is 0 Å². The van der Waals surface area contributed by atoms with Crippen LogP contribution >= 0.6 is 0 Å². The van der Waals surface area contributed by atoms with Gasteiger partial charge in [-0.3, -0.25) is 4.79 Å². The first-order valence-electron chi connectivity index (χ1n) is 7.99. The SMILES string of the molecule is Cc1ccc2c(CC(=O)N3CCCN(C)CC3)coc2c1C. The smallest absolute Gasteiger partial charge is 0.227 e. The van der Waals surface area contributed by atoms with Crippen molar-refractivity contribution in [2.24, 2.45) is 0 Å². The van der Waals surface area contributed by atoms with Gasteiger partial charge in [-0.05, 0) is 45.0 Å². The Morgan fingerprint density at radius 1 is 1.18 bits per heavy atom. The molecule has 0 unspecified atom stereocenters. The minimum absolute atomic E-state index is 0.205. The van der Waals surface area contributed by atoms with Crippen molar-refractivity contribution in [1.29, 1.82) is 0 Å². The molecule has 1 fully saturated rings. The molecule has 1 aromatic carbocycles. The fourth-order valence-electron chi connectivity index (χ4n) is 3.10. The largest absolute Gasteiger partial charge is 0.464 e. The maximum atomic E-state index is 12.6. The van der Waals surface area contributed by atoms with Crippen LogP contribution in [0.5, 0.6) is 0 Å². The number of benzene rings is 1. The number of carbonyl (C=O) groups excluding carboxylic acids is 1. The number of nitrogens with zero attached hydrogens (tertiary/aromatic N) is 2. The Morgan fingerprint density at radius 2 is 2.00 bits per heavy atom. The summed E-state index contributed by atoms with van der Waals surface area (Å²) in [5, 5.41) is 1.07. The van der Waals surface area contributed by atoms with E-state index in [1.165, 1.54) is 5.56 Å². The molecule has 118 valence electrons. The summed E-state index contributed by atoms with van der Waals surface area (Å²) in [7, 11) is 2.11. The highest BCUT2D eigenvalue weighted by atomic mass is 16.3. The van der Waals surface area contributed by atoms with E-state index in [-0.39, 0.29) is 5.91 Å². The first-order chi connectivity index (χ1) is 10.6. The lowest BCUT2D eigenvalue weighted by molar-refractivity contribution is -0.130. The molecule has 1 amide bonds. The lowest BCUT2D eigenvalue weighted by atomic mass is 10.0. The first kappa shape index (κ1) is 15.1. The third-order valence-electron chi connectivity index (χ3n) is 4.76. The van der Waals surface area contributed by atoms with E-state index in [4.69, 9.17) is 4.42 Å². The highest BCUT2D eigenvalue weighted by Crippen LogP contribution is 2.27. The molecule has 1 aliphatic heterocycles. The summed E-state index contributed by atoms with van der Waals surface area (Å²) in [5.41, 5.74) is 4.29. The number of aryl methyl sites for hydroxylation is 2. The molecule has 3 rings (SSSR count). The number of hydrogen-bond acceptors (Lipinski definition) is 3. The van der Waals surface area contributed by atoms with Gasteiger partial charge in [0.2, 0.25) is 5.91 Å². The van der Waals surface area contributed by atoms with Crippen molar-refractivity contribution in [2.45, 2.75) is 26.7 Å². The lowest BCUT2D eigenvalue weighted by Crippen LogP contribution is -2.35. The Balaban J connectivity index is 1.78. The summed E-state index contributed by atoms with van der Waals surface area (Å²) >= 11 is 0. The Labute approximate surface area is 131 Å². The van der Waals surface area contributed by atoms with E-state index >= 15 is 0 Å². The molecule has 4 nitrogen and oxygen atoms in total. The van der Waals surface area contributed by atoms with Crippen molar-refractivity contribution in [1.82, 2.24) is 9.80 Å². The van der Waals surface area contributed by atoms with E-state index in [2.05, 4.69) is 37.9 Å². The Morgan fingerprint density at radius 3 is 2.82 bits per heavy atom. The van der Waals surface area contributed by atoms with Gasteiger partial charge in [0.05, 0.1) is 12.7 Å². The van der Waals surface area contributed by atoms with Crippen LogP contribution in [-0.2, 0) is 11.2 Å². The third kappa shape index (κ3) is 2.88. The Hall–Kier alpha value is -1.81. The minimum Gasteiger partial charge on any atom is -0.464 e. The highest BCUT2D eigenvalue weighted by molar-refractivity contribution is 5.89. The van der Waals surface area contributed by atoms with Crippen molar-refractivity contribution >= 4 is 16.9 Å². The average molecular weight is 300 g/mol. The van der Waals surface area contributed by atoms with Gasteiger partial charge in [0.15, 0.2) is 0 Å². The molecular weight excluding hydrogens is 276 g/mol. The molecule has 2 aromatic rings. The van der Waals surface area contributed by atoms with Crippen LogP contribution in [0.2, 0.25) is 0 Å². The van der Waals surface area contributed by atoms with Gasteiger partial charge in [-0.25, -0.2) is 0 Å². The Kier molecular flexibility index (Phi) is 4.21. The molecule has 0 saturated carbocycles. The monoisotopic (exact) mass is 300 g/mol. The molecule has 0 spiro atoms. The maximum Gasteiger partial charge on any atom is 0.227 e. The van der Waals surface area contributed by atoms with Gasteiger partial charge in [0.25, 0.3) is 0 Å². The predicted molar refractivity (Wildman–Crippen MR) is 88.1 cm³/mol. The standard InChI is InChI=1S/C18H24N2O2/c1-13-5-6-16-15(12-22-18(16)14(13)2)11-17(21)20-8-4-7-19(3)9-10-20/h5-6,12H,4,7-11H2,1-3H3. The molecule has 1 aliphatic rings. The number of amides is 1. The molecule has 0 N–H and O–H groups in total. The topological polar surface area (TPSA) is 36.7 Å². The molecule has 0 atom stereocenters. The first-order valence-corrected chi connectivity index (χ1v) is 7.99. The van der Waals surface area contributed by atoms with Crippen molar-refractivity contribution in [3.8, 4) is 0 Å². The van der Waals surface area contributed by atoms with E-state index in [1.807, 2.05) is 4.90 Å². The molecule has 0 bridgehead atoms. The number of likely N-dealkylation sites (N-methyl/N-ethyl adjacent to an activating group) is 1. The zero-order chi connectivity index (χ0) is 15.7. The normalized spacial score (nSPS) is 17.0. The van der Waals surface area contributed by atoms with Crippen molar-refractivity contribution in [3.63, 3.8) is 0 Å². The number of fused-ring (bicyclic) bond motifs is 1. The lowest BCUT2D eigenvalue weighted by Gasteiger charge is -2.20. The molecule has 0 aliphatic carbocycles. The van der Waals surface area contributed by atoms with E-state index in [0.29, 0.717) is 6.42 Å². The second-order valence-corrected chi connectivity index (χ2v) is 6.36. The van der Waals surface area contributed by atoms with Crippen LogP contribution < -0.4 is 0 Å². The van der Waals surface area contributed by atoms with Crippen molar-refractivity contribution in [2.75, 3.05) is 33.2 Å². The van der Waals surface area contributed by atoms with Crippen LogP contribution in [0, 0.1) is 13.8 Å². The summed E-state index contributed by atoms with van der Waals surface area (Å²) in [6.45, 7) is 7.85. The minimum atomic E-state index is 0.205. The zero-order valence-corrected chi connectivity index (χ0v) is 13.7. The van der Waals surface area contributed by atoms with Crippen LogP contribution in [0.15, 0.2) is 22.8 Å². The summed E-state index contributed by atoms with van der Waals surface area (Å²) in [6, 6.07) is 4.17. The average Bonchev–Trinajstić information content (AvgIpc) is 2.76. The second kappa shape index (κ2) is 6.13. The van der Waals surface area contributed by atoms with Gasteiger partial charge in [-0.1, -0.05) is 12.1 Å². The van der Waals surface area contributed by atoms with Crippen LogP contribution in [0.25, 0.3) is 11.0 Å². The summed E-state index contributed by atoms with van der Waals surface area (Å²) in [6.07, 6.45) is 3.23. The number of rotatable bonds is 2. The van der Waals surface area contributed by atoms with Crippen molar-refractivity contribution in [3.05, 3.63) is 35.1 Å². The number of furan rings is 1. The van der Waals surface area contributed by atoms with Gasteiger partial charge in [-0.15, -0.1) is 0 Å². The van der Waals surface area contributed by atoms with Gasteiger partial charge < -0.3 is 14.2 Å². The molecule has 1 aromatic heterocycles. The van der Waals surface area contributed by atoms with Crippen LogP contribution in [0.1, 0.15) is 23.1 Å². The quantitative estimate of drug-likeness (QED) is 0.856. The third-order valence-corrected chi connectivity index (χ3v) is 4.76. The molecule has 22 heavy (non-hydrogen) atoms. The molecular formula is C18H24N2O2. The van der Waals surface area contributed by atoms with Gasteiger partial charge in [0.1, 0.15) is 5.58 Å². The van der Waals surface area contributed by atoms with Crippen LogP contribution in [0.3, 0.4) is 0 Å².